The minimum Gasteiger partial charge on any atom is -0.377 e. The van der Waals surface area contributed by atoms with Crippen LogP contribution in [0, 0.1) is 0 Å². The molecule has 0 aliphatic carbocycles. The van der Waals surface area contributed by atoms with Crippen LogP contribution in [0.15, 0.2) is 30.6 Å². The van der Waals surface area contributed by atoms with Crippen LogP contribution in [0.25, 0.3) is 11.4 Å². The first-order valence-electron chi connectivity index (χ1n) is 8.43. The third-order valence-corrected chi connectivity index (χ3v) is 4.59. The Bertz CT molecular complexity index is 708. The van der Waals surface area contributed by atoms with Crippen LogP contribution in [0.5, 0.6) is 0 Å². The number of nitrogens with zero attached hydrogens (tertiary/aromatic N) is 3. The van der Waals surface area contributed by atoms with E-state index >= 15 is 0 Å². The molecule has 1 aromatic heterocycles. The highest BCUT2D eigenvalue weighted by atomic mass is 16.5. The molecular formula is C17H21N5O3. The summed E-state index contributed by atoms with van der Waals surface area (Å²) in [5, 5.41) is 9.98. The van der Waals surface area contributed by atoms with Crippen LogP contribution in [0.4, 0.5) is 0 Å². The lowest BCUT2D eigenvalue weighted by Gasteiger charge is -2.41. The Labute approximate surface area is 145 Å². The molecular weight excluding hydrogens is 322 g/mol. The predicted octanol–water partition coefficient (Wildman–Crippen LogP) is 0.303. The highest BCUT2D eigenvalue weighted by Crippen LogP contribution is 2.22. The molecule has 1 unspecified atom stereocenters. The predicted molar refractivity (Wildman–Crippen MR) is 90.1 cm³/mol. The number of morpholine rings is 1. The number of nitrogens with one attached hydrogen (secondary N) is 2. The average molecular weight is 343 g/mol. The van der Waals surface area contributed by atoms with Gasteiger partial charge < -0.3 is 19.7 Å². The molecule has 1 atom stereocenters. The first-order valence-corrected chi connectivity index (χ1v) is 8.43. The zero-order valence-corrected chi connectivity index (χ0v) is 13.9. The summed E-state index contributed by atoms with van der Waals surface area (Å²) in [7, 11) is 0. The Morgan fingerprint density at radius 1 is 1.24 bits per heavy atom. The quantitative estimate of drug-likeness (QED) is 0.815. The van der Waals surface area contributed by atoms with Gasteiger partial charge in [-0.25, -0.2) is 4.98 Å². The fraction of sp³-hybridized carbons (Fsp3) is 0.471. The third kappa shape index (κ3) is 3.41. The van der Waals surface area contributed by atoms with Gasteiger partial charge in [0.15, 0.2) is 5.82 Å². The van der Waals surface area contributed by atoms with Crippen molar-refractivity contribution in [3.63, 3.8) is 0 Å². The number of benzene rings is 1. The van der Waals surface area contributed by atoms with E-state index in [1.54, 1.807) is 0 Å². The minimum absolute atomic E-state index is 0.0102. The fourth-order valence-corrected chi connectivity index (χ4v) is 3.28. The lowest BCUT2D eigenvalue weighted by atomic mass is 10.0. The second-order valence-corrected chi connectivity index (χ2v) is 6.40. The normalized spacial score (nSPS) is 24.2. The number of hydrogen-bond donors (Lipinski definition) is 2. The molecule has 2 fully saturated rings. The van der Waals surface area contributed by atoms with Crippen LogP contribution < -0.4 is 5.32 Å². The van der Waals surface area contributed by atoms with Crippen molar-refractivity contribution in [1.82, 2.24) is 25.4 Å². The maximum atomic E-state index is 12.9. The highest BCUT2D eigenvalue weighted by Gasteiger charge is 2.39. The zero-order chi connectivity index (χ0) is 17.1. The summed E-state index contributed by atoms with van der Waals surface area (Å²) in [5.41, 5.74) is 1.10. The van der Waals surface area contributed by atoms with E-state index in [9.17, 15) is 4.79 Å². The molecule has 1 amide bonds. The van der Waals surface area contributed by atoms with Crippen LogP contribution in [-0.2, 0) is 9.47 Å². The first kappa shape index (κ1) is 16.2. The van der Waals surface area contributed by atoms with Gasteiger partial charge in [-0.2, -0.15) is 5.10 Å². The number of carbonyl (C=O) groups is 1. The Balaban J connectivity index is 1.48. The summed E-state index contributed by atoms with van der Waals surface area (Å²) in [6, 6.07) is 7.40. The molecule has 1 aromatic carbocycles. The van der Waals surface area contributed by atoms with E-state index in [0.717, 1.165) is 12.1 Å². The SMILES string of the molecule is O=C(c1ccc(-c2ncn[nH]2)cc1)N1CCOC2(CNCCOC2)C1. The standard InChI is InChI=1S/C17H21N5O3/c23-16(14-3-1-13(2-4-14)15-19-12-20-21-15)22-6-8-25-17(10-22)9-18-5-7-24-11-17/h1-4,12,18H,5-11H2,(H,19,20,21). The number of aromatic amines is 1. The highest BCUT2D eigenvalue weighted by molar-refractivity contribution is 5.94. The molecule has 8 heteroatoms. The minimum atomic E-state index is -0.454. The number of ether oxygens (including phenoxy) is 2. The van der Waals surface area contributed by atoms with Gasteiger partial charge in [-0.05, 0) is 12.1 Å². The van der Waals surface area contributed by atoms with Gasteiger partial charge in [-0.3, -0.25) is 9.89 Å². The number of aromatic nitrogens is 3. The van der Waals surface area contributed by atoms with Crippen molar-refractivity contribution < 1.29 is 14.3 Å². The van der Waals surface area contributed by atoms with Gasteiger partial charge in [0.05, 0.1) is 26.4 Å². The third-order valence-electron chi connectivity index (χ3n) is 4.59. The maximum Gasteiger partial charge on any atom is 0.254 e. The van der Waals surface area contributed by atoms with Crippen LogP contribution in [-0.4, -0.2) is 77.6 Å². The van der Waals surface area contributed by atoms with Crippen molar-refractivity contribution in [3.8, 4) is 11.4 Å². The van der Waals surface area contributed by atoms with Crippen LogP contribution in [0.3, 0.4) is 0 Å². The van der Waals surface area contributed by atoms with Crippen molar-refractivity contribution in [1.29, 1.82) is 0 Å². The molecule has 8 nitrogen and oxygen atoms in total. The van der Waals surface area contributed by atoms with Crippen molar-refractivity contribution in [2.24, 2.45) is 0 Å². The summed E-state index contributed by atoms with van der Waals surface area (Å²) in [6.07, 6.45) is 1.46. The van der Waals surface area contributed by atoms with Gasteiger partial charge >= 0.3 is 0 Å². The lowest BCUT2D eigenvalue weighted by molar-refractivity contribution is -0.125. The van der Waals surface area contributed by atoms with Gasteiger partial charge in [0.2, 0.25) is 0 Å². The van der Waals surface area contributed by atoms with Crippen molar-refractivity contribution in [2.45, 2.75) is 5.60 Å². The Morgan fingerprint density at radius 3 is 2.92 bits per heavy atom. The van der Waals surface area contributed by atoms with Crippen LogP contribution in [0.2, 0.25) is 0 Å². The first-order chi connectivity index (χ1) is 12.3. The average Bonchev–Trinajstić information content (AvgIpc) is 3.11. The Kier molecular flexibility index (Phi) is 4.48. The Morgan fingerprint density at radius 2 is 2.12 bits per heavy atom. The molecule has 2 N–H and O–H groups in total. The molecule has 2 aliphatic heterocycles. The molecule has 0 bridgehead atoms. The van der Waals surface area contributed by atoms with E-state index in [1.165, 1.54) is 6.33 Å². The van der Waals surface area contributed by atoms with E-state index in [2.05, 4.69) is 20.5 Å². The van der Waals surface area contributed by atoms with Gasteiger partial charge in [0.25, 0.3) is 5.91 Å². The van der Waals surface area contributed by atoms with Gasteiger partial charge in [-0.1, -0.05) is 12.1 Å². The van der Waals surface area contributed by atoms with E-state index in [0.29, 0.717) is 50.8 Å². The second-order valence-electron chi connectivity index (χ2n) is 6.40. The summed E-state index contributed by atoms with van der Waals surface area (Å²) in [4.78, 5) is 18.9. The second kappa shape index (κ2) is 6.91. The molecule has 0 radical (unpaired) electrons. The number of hydrogen-bond acceptors (Lipinski definition) is 6. The van der Waals surface area contributed by atoms with Crippen LogP contribution >= 0.6 is 0 Å². The van der Waals surface area contributed by atoms with Crippen molar-refractivity contribution in [2.75, 3.05) is 46.0 Å². The van der Waals surface area contributed by atoms with Gasteiger partial charge in [0, 0.05) is 30.8 Å². The van der Waals surface area contributed by atoms with Crippen molar-refractivity contribution >= 4 is 5.91 Å². The smallest absolute Gasteiger partial charge is 0.254 e. The van der Waals surface area contributed by atoms with E-state index in [4.69, 9.17) is 9.47 Å². The largest absolute Gasteiger partial charge is 0.377 e. The number of carbonyl (C=O) groups excluding carboxylic acids is 1. The molecule has 1 spiro atoms. The Hall–Kier alpha value is -2.29. The summed E-state index contributed by atoms with van der Waals surface area (Å²) in [6.45, 7) is 4.32. The summed E-state index contributed by atoms with van der Waals surface area (Å²) < 4.78 is 11.6. The molecule has 25 heavy (non-hydrogen) atoms. The van der Waals surface area contributed by atoms with Gasteiger partial charge in [0.1, 0.15) is 11.9 Å². The number of rotatable bonds is 2. The molecule has 2 saturated heterocycles. The van der Waals surface area contributed by atoms with Gasteiger partial charge in [-0.15, -0.1) is 0 Å². The number of H-pyrrole nitrogens is 1. The fourth-order valence-electron chi connectivity index (χ4n) is 3.28. The van der Waals surface area contributed by atoms with Crippen LogP contribution in [0.1, 0.15) is 10.4 Å². The molecule has 3 heterocycles. The van der Waals surface area contributed by atoms with E-state index in [-0.39, 0.29) is 5.91 Å². The molecule has 4 rings (SSSR count). The van der Waals surface area contributed by atoms with Crippen molar-refractivity contribution in [3.05, 3.63) is 36.2 Å². The molecule has 2 aromatic rings. The maximum absolute atomic E-state index is 12.9. The van der Waals surface area contributed by atoms with E-state index < -0.39 is 5.60 Å². The monoisotopic (exact) mass is 343 g/mol. The molecule has 132 valence electrons. The molecule has 0 saturated carbocycles. The lowest BCUT2D eigenvalue weighted by Crippen LogP contribution is -2.59. The summed E-state index contributed by atoms with van der Waals surface area (Å²) >= 11 is 0. The topological polar surface area (TPSA) is 92.4 Å². The molecule has 2 aliphatic rings. The van der Waals surface area contributed by atoms with E-state index in [1.807, 2.05) is 29.2 Å². The summed E-state index contributed by atoms with van der Waals surface area (Å²) in [5.74, 6) is 0.696. The zero-order valence-electron chi connectivity index (χ0n) is 13.9. The number of amides is 1.